The molecule has 42 heavy (non-hydrogen) atoms. The number of unbranched alkanes of at least 4 members (excludes halogenated alkanes) is 2. The molecular weight excluding hydrogens is 556 g/mol. The van der Waals surface area contributed by atoms with Crippen LogP contribution in [-0.4, -0.2) is 116 Å². The molecule has 0 aromatic heterocycles. The predicted octanol–water partition coefficient (Wildman–Crippen LogP) is -0.352. The Kier molecular flexibility index (Phi) is 13.4. The average molecular weight is 603 g/mol. The van der Waals surface area contributed by atoms with Gasteiger partial charge in [-0.3, -0.25) is 4.79 Å². The Morgan fingerprint density at radius 3 is 2.17 bits per heavy atom. The Morgan fingerprint density at radius 2 is 1.52 bits per heavy atom. The second kappa shape index (κ2) is 16.2. The zero-order valence-corrected chi connectivity index (χ0v) is 24.3. The van der Waals surface area contributed by atoms with Crippen LogP contribution in [0.15, 0.2) is 18.2 Å². The van der Waals surface area contributed by atoms with E-state index < -0.39 is 74.6 Å². The van der Waals surface area contributed by atoms with Gasteiger partial charge in [0.25, 0.3) is 0 Å². The number of hydrogen-bond donors (Lipinski definition) is 7. The number of rotatable bonds is 14. The number of aryl methyl sites for hydroxylation is 1. The highest BCUT2D eigenvalue weighted by atomic mass is 16.7. The molecule has 10 atom stereocenters. The quantitative estimate of drug-likeness (QED) is 0.108. The van der Waals surface area contributed by atoms with Gasteiger partial charge in [-0.05, 0) is 42.5 Å². The van der Waals surface area contributed by atoms with Crippen molar-refractivity contribution in [1.82, 2.24) is 0 Å². The van der Waals surface area contributed by atoms with Gasteiger partial charge in [-0.1, -0.05) is 39.2 Å². The largest absolute Gasteiger partial charge is 0.462 e. The van der Waals surface area contributed by atoms with E-state index in [0.29, 0.717) is 23.7 Å². The van der Waals surface area contributed by atoms with Crippen LogP contribution < -0.4 is 4.74 Å². The summed E-state index contributed by atoms with van der Waals surface area (Å²) in [6.45, 7) is 4.83. The summed E-state index contributed by atoms with van der Waals surface area (Å²) >= 11 is 0. The molecule has 1 aromatic carbocycles. The van der Waals surface area contributed by atoms with Crippen molar-refractivity contribution in [1.29, 1.82) is 0 Å². The Bertz CT molecular complexity index is 971. The van der Waals surface area contributed by atoms with Crippen molar-refractivity contribution < 1.29 is 64.2 Å². The molecule has 2 saturated heterocycles. The summed E-state index contributed by atoms with van der Waals surface area (Å²) in [6, 6.07) is 5.06. The van der Waals surface area contributed by atoms with Crippen molar-refractivity contribution in [3.05, 3.63) is 29.3 Å². The summed E-state index contributed by atoms with van der Waals surface area (Å²) in [5.74, 6) is 0.703. The third kappa shape index (κ3) is 9.05. The number of esters is 1. The standard InChI is InChI=1S/C29H46O13/c1-15(2)7-5-4-6-8-21(32)38-14-17-9-10-18(16(3)11-17)39-28-26(37)24(35)27(20(13-31)41-28)42-29-25(36)23(34)22(33)19(12-30)40-29/h9-11,15,19-20,22-31,33-37H,4-8,12-14H2,1-3H3. The Hall–Kier alpha value is -1.91. The van der Waals surface area contributed by atoms with Gasteiger partial charge in [0, 0.05) is 6.42 Å². The van der Waals surface area contributed by atoms with E-state index >= 15 is 0 Å². The van der Waals surface area contributed by atoms with Crippen molar-refractivity contribution in [3.8, 4) is 5.75 Å². The average Bonchev–Trinajstić information content (AvgIpc) is 2.96. The van der Waals surface area contributed by atoms with Crippen LogP contribution >= 0.6 is 0 Å². The molecule has 13 heteroatoms. The van der Waals surface area contributed by atoms with Gasteiger partial charge >= 0.3 is 5.97 Å². The summed E-state index contributed by atoms with van der Waals surface area (Å²) in [7, 11) is 0. The normalized spacial score (nSPS) is 33.5. The molecule has 2 aliphatic heterocycles. The van der Waals surface area contributed by atoms with Crippen LogP contribution in [-0.2, 0) is 30.3 Å². The molecule has 1 aromatic rings. The monoisotopic (exact) mass is 602 g/mol. The summed E-state index contributed by atoms with van der Waals surface area (Å²) in [5.41, 5.74) is 1.38. The number of aliphatic hydroxyl groups excluding tert-OH is 7. The maximum Gasteiger partial charge on any atom is 0.306 e. The summed E-state index contributed by atoms with van der Waals surface area (Å²) in [6.07, 6.45) is -11.0. The molecule has 0 radical (unpaired) electrons. The minimum absolute atomic E-state index is 0.0940. The first-order valence-corrected chi connectivity index (χ1v) is 14.5. The van der Waals surface area contributed by atoms with Crippen LogP contribution in [0.25, 0.3) is 0 Å². The van der Waals surface area contributed by atoms with E-state index in [1.165, 1.54) is 0 Å². The van der Waals surface area contributed by atoms with Gasteiger partial charge in [-0.15, -0.1) is 0 Å². The van der Waals surface area contributed by atoms with Crippen molar-refractivity contribution in [2.24, 2.45) is 5.92 Å². The first-order valence-electron chi connectivity index (χ1n) is 14.5. The Labute approximate surface area is 245 Å². The molecule has 0 saturated carbocycles. The van der Waals surface area contributed by atoms with Gasteiger partial charge in [-0.2, -0.15) is 0 Å². The molecule has 2 aliphatic rings. The van der Waals surface area contributed by atoms with Crippen LogP contribution in [0, 0.1) is 12.8 Å². The topological polar surface area (TPSA) is 205 Å². The van der Waals surface area contributed by atoms with Crippen LogP contribution in [0.3, 0.4) is 0 Å². The number of benzene rings is 1. The number of aliphatic hydroxyl groups is 7. The predicted molar refractivity (Wildman–Crippen MR) is 146 cm³/mol. The van der Waals surface area contributed by atoms with E-state index in [9.17, 15) is 40.5 Å². The maximum absolute atomic E-state index is 12.1. The number of carbonyl (C=O) groups is 1. The van der Waals surface area contributed by atoms with Crippen LogP contribution in [0.5, 0.6) is 5.75 Å². The second-order valence-corrected chi connectivity index (χ2v) is 11.4. The molecule has 10 unspecified atom stereocenters. The Morgan fingerprint density at radius 1 is 0.857 bits per heavy atom. The zero-order valence-electron chi connectivity index (χ0n) is 24.3. The third-order valence-corrected chi connectivity index (χ3v) is 7.51. The summed E-state index contributed by atoms with van der Waals surface area (Å²) < 4.78 is 27.7. The molecule has 0 bridgehead atoms. The van der Waals surface area contributed by atoms with E-state index in [4.69, 9.17) is 23.7 Å². The lowest BCUT2D eigenvalue weighted by Crippen LogP contribution is -2.65. The molecule has 7 N–H and O–H groups in total. The lowest BCUT2D eigenvalue weighted by Gasteiger charge is -2.45. The molecule has 3 rings (SSSR count). The van der Waals surface area contributed by atoms with E-state index in [2.05, 4.69) is 13.8 Å². The molecule has 0 amide bonds. The van der Waals surface area contributed by atoms with Gasteiger partial charge in [0.1, 0.15) is 61.2 Å². The first-order chi connectivity index (χ1) is 20.0. The summed E-state index contributed by atoms with van der Waals surface area (Å²) in [4.78, 5) is 12.1. The van der Waals surface area contributed by atoms with Gasteiger partial charge in [0.2, 0.25) is 6.29 Å². The molecule has 0 spiro atoms. The van der Waals surface area contributed by atoms with Gasteiger partial charge in [0.15, 0.2) is 6.29 Å². The van der Waals surface area contributed by atoms with Gasteiger partial charge in [-0.25, -0.2) is 0 Å². The fraction of sp³-hybridized carbons (Fsp3) is 0.759. The molecule has 0 aliphatic carbocycles. The number of hydrogen-bond acceptors (Lipinski definition) is 13. The van der Waals surface area contributed by atoms with Crippen molar-refractivity contribution in [2.45, 2.75) is 121 Å². The lowest BCUT2D eigenvalue weighted by molar-refractivity contribution is -0.352. The molecule has 240 valence electrons. The summed E-state index contributed by atoms with van der Waals surface area (Å²) in [5, 5.41) is 71.1. The van der Waals surface area contributed by atoms with Crippen molar-refractivity contribution in [2.75, 3.05) is 13.2 Å². The van der Waals surface area contributed by atoms with E-state index in [-0.39, 0.29) is 12.6 Å². The fourth-order valence-electron chi connectivity index (χ4n) is 4.95. The van der Waals surface area contributed by atoms with Crippen molar-refractivity contribution in [3.63, 3.8) is 0 Å². The number of ether oxygens (including phenoxy) is 5. The van der Waals surface area contributed by atoms with E-state index in [1.807, 2.05) is 0 Å². The highest BCUT2D eigenvalue weighted by molar-refractivity contribution is 5.69. The fourth-order valence-corrected chi connectivity index (χ4v) is 4.95. The first kappa shape index (κ1) is 34.6. The van der Waals surface area contributed by atoms with Gasteiger partial charge in [0.05, 0.1) is 13.2 Å². The zero-order chi connectivity index (χ0) is 31.0. The minimum Gasteiger partial charge on any atom is -0.462 e. The molecule has 2 heterocycles. The second-order valence-electron chi connectivity index (χ2n) is 11.4. The van der Waals surface area contributed by atoms with Crippen molar-refractivity contribution >= 4 is 5.97 Å². The lowest BCUT2D eigenvalue weighted by atomic mass is 9.97. The Balaban J connectivity index is 1.55. The molecule has 2 fully saturated rings. The van der Waals surface area contributed by atoms with Gasteiger partial charge < -0.3 is 59.4 Å². The van der Waals surface area contributed by atoms with E-state index in [0.717, 1.165) is 31.2 Å². The maximum atomic E-state index is 12.1. The number of carbonyl (C=O) groups excluding carboxylic acids is 1. The van der Waals surface area contributed by atoms with Crippen LogP contribution in [0.1, 0.15) is 57.1 Å². The SMILES string of the molecule is Cc1cc(COC(=O)CCCCCC(C)C)ccc1OC1OC(CO)C(OC2OC(CO)C(O)C(O)C2O)C(O)C1O. The molecular formula is C29H46O13. The highest BCUT2D eigenvalue weighted by Crippen LogP contribution is 2.31. The minimum atomic E-state index is -1.75. The third-order valence-electron chi connectivity index (χ3n) is 7.51. The smallest absolute Gasteiger partial charge is 0.306 e. The molecule has 13 nitrogen and oxygen atoms in total. The van der Waals surface area contributed by atoms with Crippen LogP contribution in [0.4, 0.5) is 0 Å². The van der Waals surface area contributed by atoms with Crippen LogP contribution in [0.2, 0.25) is 0 Å². The highest BCUT2D eigenvalue weighted by Gasteiger charge is 2.51. The van der Waals surface area contributed by atoms with E-state index in [1.54, 1.807) is 25.1 Å².